The number of Topliss-reactive ketones (excluding diaryl/α,β-unsaturated/α-hetero) is 1. The average molecular weight is 401 g/mol. The molecular weight excluding hydrogens is 374 g/mol. The first-order valence-corrected chi connectivity index (χ1v) is 10.1. The predicted molar refractivity (Wildman–Crippen MR) is 104 cm³/mol. The van der Waals surface area contributed by atoms with E-state index in [1.807, 2.05) is 6.92 Å². The number of rotatable bonds is 7. The van der Waals surface area contributed by atoms with Gasteiger partial charge in [0.1, 0.15) is 18.4 Å². The Morgan fingerprint density at radius 3 is 2.31 bits per heavy atom. The molecule has 29 heavy (non-hydrogen) atoms. The van der Waals surface area contributed by atoms with Gasteiger partial charge in [0.2, 0.25) is 11.8 Å². The minimum absolute atomic E-state index is 0.107. The first kappa shape index (κ1) is 21.0. The van der Waals surface area contributed by atoms with E-state index >= 15 is 0 Å². The lowest BCUT2D eigenvalue weighted by Gasteiger charge is -2.22. The summed E-state index contributed by atoms with van der Waals surface area (Å²) in [5, 5.41) is 0. The van der Waals surface area contributed by atoms with Gasteiger partial charge in [0.25, 0.3) is 0 Å². The lowest BCUT2D eigenvalue weighted by molar-refractivity contribution is -0.159. The van der Waals surface area contributed by atoms with Crippen molar-refractivity contribution in [2.75, 3.05) is 6.61 Å². The van der Waals surface area contributed by atoms with Crippen molar-refractivity contribution in [2.24, 2.45) is 11.8 Å². The van der Waals surface area contributed by atoms with Crippen LogP contribution in [0.15, 0.2) is 18.2 Å². The van der Waals surface area contributed by atoms with Crippen molar-refractivity contribution >= 4 is 23.6 Å². The zero-order chi connectivity index (χ0) is 21.1. The molecule has 0 bridgehead atoms. The highest BCUT2D eigenvalue weighted by molar-refractivity contribution is 6.07. The zero-order valence-electron chi connectivity index (χ0n) is 17.1. The van der Waals surface area contributed by atoms with Crippen LogP contribution in [0.4, 0.5) is 0 Å². The summed E-state index contributed by atoms with van der Waals surface area (Å²) < 4.78 is 10.9. The fourth-order valence-electron chi connectivity index (χ4n) is 4.15. The number of carbonyl (C=O) groups is 4. The molecule has 1 aliphatic heterocycles. The molecule has 0 N–H and O–H groups in total. The number of ether oxygens (including phenoxy) is 2. The maximum absolute atomic E-state index is 12.7. The molecule has 2 fully saturated rings. The molecular formula is C22H27NO6. The smallest absolute Gasteiger partial charge is 0.329 e. The lowest BCUT2D eigenvalue weighted by atomic mass is 9.81. The van der Waals surface area contributed by atoms with Crippen molar-refractivity contribution in [1.29, 1.82) is 0 Å². The summed E-state index contributed by atoms with van der Waals surface area (Å²) in [6, 6.07) is 3.98. The Bertz CT molecular complexity index is 809. The topological polar surface area (TPSA) is 90.0 Å². The molecule has 1 aliphatic carbocycles. The number of ketones is 1. The number of nitrogens with zero attached hydrogens (tertiary/aromatic N) is 1. The summed E-state index contributed by atoms with van der Waals surface area (Å²) in [6.45, 7) is 5.13. The van der Waals surface area contributed by atoms with Gasteiger partial charge >= 0.3 is 5.97 Å². The Kier molecular flexibility index (Phi) is 6.35. The number of likely N-dealkylation sites (tertiary alicyclic amines) is 1. The molecule has 1 saturated heterocycles. The molecule has 2 aliphatic rings. The number of benzene rings is 1. The Balaban J connectivity index is 1.70. The van der Waals surface area contributed by atoms with Crippen LogP contribution in [0.5, 0.6) is 5.75 Å². The van der Waals surface area contributed by atoms with Gasteiger partial charge in [0, 0.05) is 11.1 Å². The van der Waals surface area contributed by atoms with E-state index in [9.17, 15) is 19.2 Å². The van der Waals surface area contributed by atoms with E-state index in [0.717, 1.165) is 17.7 Å². The molecule has 0 spiro atoms. The van der Waals surface area contributed by atoms with Gasteiger partial charge in [0.05, 0.1) is 18.4 Å². The zero-order valence-corrected chi connectivity index (χ0v) is 17.1. The van der Waals surface area contributed by atoms with Gasteiger partial charge in [-0.05, 0) is 51.8 Å². The van der Waals surface area contributed by atoms with E-state index in [-0.39, 0.29) is 36.0 Å². The standard InChI is InChI=1S/C22H27NO6/c1-4-28-19-10-9-15(14(3)24)11-16(19)12-29-22(27)13(2)23-20(25)17-7-5-6-8-18(17)21(23)26/h9-11,13,17-18H,4-8,12H2,1-3H3/t13-,17+,18+/m0/s1. The van der Waals surface area contributed by atoms with E-state index in [4.69, 9.17) is 9.47 Å². The number of fused-ring (bicyclic) bond motifs is 1. The van der Waals surface area contributed by atoms with Gasteiger partial charge in [-0.2, -0.15) is 0 Å². The molecule has 3 rings (SSSR count). The molecule has 0 unspecified atom stereocenters. The van der Waals surface area contributed by atoms with Crippen molar-refractivity contribution in [2.45, 2.75) is 59.1 Å². The molecule has 156 valence electrons. The second-order valence-corrected chi connectivity index (χ2v) is 7.64. The highest BCUT2D eigenvalue weighted by atomic mass is 16.5. The highest BCUT2D eigenvalue weighted by Gasteiger charge is 2.51. The van der Waals surface area contributed by atoms with Crippen molar-refractivity contribution in [3.8, 4) is 5.75 Å². The van der Waals surface area contributed by atoms with Crippen molar-refractivity contribution in [3.05, 3.63) is 29.3 Å². The first-order valence-electron chi connectivity index (χ1n) is 10.1. The maximum atomic E-state index is 12.7. The monoisotopic (exact) mass is 401 g/mol. The number of hydrogen-bond donors (Lipinski definition) is 0. The Hall–Kier alpha value is -2.70. The second kappa shape index (κ2) is 8.76. The molecule has 2 amide bonds. The normalized spacial score (nSPS) is 22.2. The van der Waals surface area contributed by atoms with E-state index in [2.05, 4.69) is 0 Å². The van der Waals surface area contributed by atoms with Crippen LogP contribution in [0.1, 0.15) is 62.4 Å². The molecule has 1 saturated carbocycles. The summed E-state index contributed by atoms with van der Waals surface area (Å²) in [5.41, 5.74) is 1.05. The van der Waals surface area contributed by atoms with Gasteiger partial charge < -0.3 is 9.47 Å². The number of carbonyl (C=O) groups excluding carboxylic acids is 4. The van der Waals surface area contributed by atoms with Crippen LogP contribution in [-0.2, 0) is 25.7 Å². The van der Waals surface area contributed by atoms with Crippen LogP contribution in [0, 0.1) is 11.8 Å². The molecule has 7 nitrogen and oxygen atoms in total. The van der Waals surface area contributed by atoms with Crippen LogP contribution >= 0.6 is 0 Å². The van der Waals surface area contributed by atoms with Crippen molar-refractivity contribution < 1.29 is 28.7 Å². The Morgan fingerprint density at radius 1 is 1.14 bits per heavy atom. The van der Waals surface area contributed by atoms with Gasteiger partial charge in [-0.25, -0.2) is 4.79 Å². The van der Waals surface area contributed by atoms with Gasteiger partial charge in [-0.3, -0.25) is 19.3 Å². The maximum Gasteiger partial charge on any atom is 0.329 e. The van der Waals surface area contributed by atoms with Crippen molar-refractivity contribution in [3.63, 3.8) is 0 Å². The second-order valence-electron chi connectivity index (χ2n) is 7.64. The molecule has 1 aromatic carbocycles. The molecule has 7 heteroatoms. The van der Waals surface area contributed by atoms with Crippen LogP contribution in [0.25, 0.3) is 0 Å². The average Bonchev–Trinajstić information content (AvgIpc) is 2.97. The van der Waals surface area contributed by atoms with Gasteiger partial charge in [-0.15, -0.1) is 0 Å². The predicted octanol–water partition coefficient (Wildman–Crippen LogP) is 2.89. The minimum atomic E-state index is -0.980. The summed E-state index contributed by atoms with van der Waals surface area (Å²) in [7, 11) is 0. The molecule has 0 radical (unpaired) electrons. The Morgan fingerprint density at radius 2 is 1.76 bits per heavy atom. The van der Waals surface area contributed by atoms with E-state index in [0.29, 0.717) is 36.3 Å². The number of esters is 1. The number of hydrogen-bond acceptors (Lipinski definition) is 6. The molecule has 1 aromatic rings. The molecule has 3 atom stereocenters. The first-order chi connectivity index (χ1) is 13.8. The van der Waals surface area contributed by atoms with Crippen LogP contribution < -0.4 is 4.74 Å². The Labute approximate surface area is 170 Å². The summed E-state index contributed by atoms with van der Waals surface area (Å²) in [4.78, 5) is 50.7. The number of amides is 2. The lowest BCUT2D eigenvalue weighted by Crippen LogP contribution is -2.44. The van der Waals surface area contributed by atoms with Crippen LogP contribution in [0.3, 0.4) is 0 Å². The molecule has 1 heterocycles. The number of imide groups is 1. The molecule has 0 aromatic heterocycles. The van der Waals surface area contributed by atoms with E-state index in [1.165, 1.54) is 13.8 Å². The van der Waals surface area contributed by atoms with Crippen molar-refractivity contribution in [1.82, 2.24) is 4.90 Å². The van der Waals surface area contributed by atoms with Gasteiger partial charge in [-0.1, -0.05) is 12.8 Å². The third-order valence-corrected chi connectivity index (χ3v) is 5.74. The highest BCUT2D eigenvalue weighted by Crippen LogP contribution is 2.39. The largest absolute Gasteiger partial charge is 0.493 e. The summed E-state index contributed by atoms with van der Waals surface area (Å²) in [6.07, 6.45) is 3.26. The van der Waals surface area contributed by atoms with E-state index in [1.54, 1.807) is 18.2 Å². The van der Waals surface area contributed by atoms with Crippen LogP contribution in [-0.4, -0.2) is 41.1 Å². The summed E-state index contributed by atoms with van der Waals surface area (Å²) in [5.74, 6) is -1.37. The fourth-order valence-corrected chi connectivity index (χ4v) is 4.15. The fraction of sp³-hybridized carbons (Fsp3) is 0.545. The van der Waals surface area contributed by atoms with Crippen LogP contribution in [0.2, 0.25) is 0 Å². The minimum Gasteiger partial charge on any atom is -0.493 e. The third-order valence-electron chi connectivity index (χ3n) is 5.74. The van der Waals surface area contributed by atoms with E-state index < -0.39 is 12.0 Å². The summed E-state index contributed by atoms with van der Waals surface area (Å²) >= 11 is 0. The van der Waals surface area contributed by atoms with Gasteiger partial charge in [0.15, 0.2) is 5.78 Å². The quantitative estimate of drug-likeness (QED) is 0.396. The SMILES string of the molecule is CCOc1ccc(C(C)=O)cc1COC(=O)[C@H](C)N1C(=O)[C@@H]2CCCC[C@H]2C1=O. The third kappa shape index (κ3) is 4.18.